The van der Waals surface area contributed by atoms with Crippen LogP contribution in [0.25, 0.3) is 0 Å². The van der Waals surface area contributed by atoms with E-state index in [2.05, 4.69) is 30.8 Å². The maximum atomic E-state index is 12.8. The first kappa shape index (κ1) is 25.3. The summed E-state index contributed by atoms with van der Waals surface area (Å²) in [5.41, 5.74) is 3.47. The van der Waals surface area contributed by atoms with Crippen LogP contribution >= 0.6 is 0 Å². The molecule has 3 aromatic carbocycles. The summed E-state index contributed by atoms with van der Waals surface area (Å²) < 4.78 is 34.0. The van der Waals surface area contributed by atoms with Gasteiger partial charge in [0.15, 0.2) is 0 Å². The zero-order chi connectivity index (χ0) is 24.9. The molecule has 180 valence electrons. The molecule has 0 atom stereocenters. The Morgan fingerprint density at radius 2 is 1.62 bits per heavy atom. The third-order valence-corrected chi connectivity index (χ3v) is 6.80. The van der Waals surface area contributed by atoms with Crippen LogP contribution in [0.3, 0.4) is 0 Å². The van der Waals surface area contributed by atoms with Gasteiger partial charge in [-0.1, -0.05) is 62.7 Å². The first-order chi connectivity index (χ1) is 16.0. The second-order valence-corrected chi connectivity index (χ2v) is 11.0. The Morgan fingerprint density at radius 1 is 0.941 bits per heavy atom. The molecule has 0 heterocycles. The van der Waals surface area contributed by atoms with Gasteiger partial charge in [0.1, 0.15) is 12.4 Å². The number of sulfonamides is 1. The van der Waals surface area contributed by atoms with E-state index in [4.69, 9.17) is 4.74 Å². The highest BCUT2D eigenvalue weighted by Gasteiger charge is 2.19. The van der Waals surface area contributed by atoms with Gasteiger partial charge >= 0.3 is 0 Å². The molecule has 0 unspecified atom stereocenters. The van der Waals surface area contributed by atoms with Gasteiger partial charge in [-0.2, -0.15) is 0 Å². The lowest BCUT2D eigenvalue weighted by atomic mass is 9.86. The van der Waals surface area contributed by atoms with Crippen LogP contribution in [0, 0.1) is 13.8 Å². The number of amides is 1. The lowest BCUT2D eigenvalue weighted by Crippen LogP contribution is -2.28. The zero-order valence-electron chi connectivity index (χ0n) is 20.3. The Morgan fingerprint density at radius 3 is 2.29 bits per heavy atom. The molecule has 34 heavy (non-hydrogen) atoms. The third-order valence-electron chi connectivity index (χ3n) is 5.42. The summed E-state index contributed by atoms with van der Waals surface area (Å²) in [6.07, 6.45) is 0. The van der Waals surface area contributed by atoms with Crippen molar-refractivity contribution in [1.82, 2.24) is 5.32 Å². The van der Waals surface area contributed by atoms with Gasteiger partial charge in [-0.15, -0.1) is 0 Å². The number of ether oxygens (including phenoxy) is 1. The van der Waals surface area contributed by atoms with Crippen molar-refractivity contribution in [3.8, 4) is 5.75 Å². The molecule has 0 saturated carbocycles. The summed E-state index contributed by atoms with van der Waals surface area (Å²) >= 11 is 0. The van der Waals surface area contributed by atoms with Crippen LogP contribution in [0.4, 0.5) is 5.69 Å². The molecule has 1 amide bonds. The van der Waals surface area contributed by atoms with E-state index in [9.17, 15) is 13.2 Å². The van der Waals surface area contributed by atoms with Gasteiger partial charge in [0, 0.05) is 5.56 Å². The van der Waals surface area contributed by atoms with E-state index in [0.717, 1.165) is 16.9 Å². The highest BCUT2D eigenvalue weighted by Crippen LogP contribution is 2.30. The van der Waals surface area contributed by atoms with E-state index in [0.29, 0.717) is 30.0 Å². The first-order valence-electron chi connectivity index (χ1n) is 11.2. The largest absolute Gasteiger partial charge is 0.491 e. The van der Waals surface area contributed by atoms with Crippen molar-refractivity contribution in [2.24, 2.45) is 0 Å². The van der Waals surface area contributed by atoms with Gasteiger partial charge in [-0.05, 0) is 60.7 Å². The Hall–Kier alpha value is -3.32. The summed E-state index contributed by atoms with van der Waals surface area (Å²) in [5.74, 6) is 0.496. The lowest BCUT2D eigenvalue weighted by Gasteiger charge is -2.22. The average Bonchev–Trinajstić information content (AvgIpc) is 2.78. The number of hydrogen-bond donors (Lipinski definition) is 2. The molecule has 0 saturated heterocycles. The van der Waals surface area contributed by atoms with Gasteiger partial charge < -0.3 is 10.1 Å². The van der Waals surface area contributed by atoms with E-state index < -0.39 is 10.0 Å². The Balaban J connectivity index is 1.63. The van der Waals surface area contributed by atoms with Gasteiger partial charge in [-0.25, -0.2) is 8.42 Å². The lowest BCUT2D eigenvalue weighted by molar-refractivity contribution is 0.0947. The van der Waals surface area contributed by atoms with Gasteiger partial charge in [-0.3, -0.25) is 9.52 Å². The molecule has 7 heteroatoms. The quantitative estimate of drug-likeness (QED) is 0.434. The summed E-state index contributed by atoms with van der Waals surface area (Å²) in [5, 5.41) is 2.83. The Labute approximate surface area is 202 Å². The van der Waals surface area contributed by atoms with Crippen LogP contribution < -0.4 is 14.8 Å². The number of hydrogen-bond acceptors (Lipinski definition) is 4. The average molecular weight is 481 g/mol. The molecule has 0 fully saturated rings. The normalized spacial score (nSPS) is 11.7. The molecule has 3 aromatic rings. The Bertz CT molecular complexity index is 1260. The van der Waals surface area contributed by atoms with Crippen molar-refractivity contribution >= 4 is 21.6 Å². The molecule has 0 aliphatic heterocycles. The monoisotopic (exact) mass is 480 g/mol. The van der Waals surface area contributed by atoms with E-state index in [-0.39, 0.29) is 16.2 Å². The number of carbonyl (C=O) groups excluding carboxylic acids is 1. The molecule has 2 N–H and O–H groups in total. The summed E-state index contributed by atoms with van der Waals surface area (Å²) in [4.78, 5) is 12.8. The predicted octanol–water partition coefficient (Wildman–Crippen LogP) is 5.21. The van der Waals surface area contributed by atoms with Crippen molar-refractivity contribution < 1.29 is 17.9 Å². The van der Waals surface area contributed by atoms with E-state index in [1.807, 2.05) is 31.2 Å². The van der Waals surface area contributed by atoms with Crippen molar-refractivity contribution in [3.05, 3.63) is 89.0 Å². The smallest absolute Gasteiger partial charge is 0.261 e. The predicted molar refractivity (Wildman–Crippen MR) is 136 cm³/mol. The van der Waals surface area contributed by atoms with Crippen LogP contribution in [-0.4, -0.2) is 27.5 Å². The van der Waals surface area contributed by atoms with Crippen molar-refractivity contribution in [3.63, 3.8) is 0 Å². The fraction of sp³-hybridized carbons (Fsp3) is 0.296. The summed E-state index contributed by atoms with van der Waals surface area (Å²) in [6.45, 7) is 10.7. The molecule has 0 radical (unpaired) electrons. The minimum Gasteiger partial charge on any atom is -0.491 e. The molecule has 0 aromatic heterocycles. The zero-order valence-corrected chi connectivity index (χ0v) is 21.1. The number of anilines is 1. The minimum atomic E-state index is -3.76. The highest BCUT2D eigenvalue weighted by atomic mass is 32.2. The topological polar surface area (TPSA) is 84.5 Å². The molecule has 0 aliphatic carbocycles. The fourth-order valence-electron chi connectivity index (χ4n) is 3.43. The second-order valence-electron chi connectivity index (χ2n) is 9.30. The van der Waals surface area contributed by atoms with Crippen LogP contribution in [0.1, 0.15) is 47.8 Å². The second kappa shape index (κ2) is 10.3. The summed E-state index contributed by atoms with van der Waals surface area (Å²) in [7, 11) is -3.76. The maximum absolute atomic E-state index is 12.8. The van der Waals surface area contributed by atoms with Crippen molar-refractivity contribution in [2.75, 3.05) is 17.9 Å². The molecular weight excluding hydrogens is 448 g/mol. The maximum Gasteiger partial charge on any atom is 0.261 e. The Kier molecular flexibility index (Phi) is 7.67. The number of para-hydroxylation sites is 1. The SMILES string of the molecule is Cc1ccc(S(=O)(=O)Nc2cc(C(=O)NCCOc3ccccc3C(C)(C)C)ccc2C)cc1. The highest BCUT2D eigenvalue weighted by molar-refractivity contribution is 7.92. The molecule has 6 nitrogen and oxygen atoms in total. The van der Waals surface area contributed by atoms with Crippen LogP contribution in [0.2, 0.25) is 0 Å². The van der Waals surface area contributed by atoms with Crippen molar-refractivity contribution in [1.29, 1.82) is 0 Å². The van der Waals surface area contributed by atoms with Gasteiger partial charge in [0.25, 0.3) is 15.9 Å². The standard InChI is InChI=1S/C27H32N2O4S/c1-19-10-14-22(15-11-19)34(31,32)29-24-18-21(13-12-20(24)2)26(30)28-16-17-33-25-9-7-6-8-23(25)27(3,4)5/h6-15,18,29H,16-17H2,1-5H3,(H,28,30). The van der Waals surface area contributed by atoms with E-state index >= 15 is 0 Å². The molecule has 0 aliphatic rings. The van der Waals surface area contributed by atoms with Crippen LogP contribution in [0.15, 0.2) is 71.6 Å². The molecule has 0 spiro atoms. The number of rotatable bonds is 8. The molecule has 3 rings (SSSR count). The number of nitrogens with one attached hydrogen (secondary N) is 2. The van der Waals surface area contributed by atoms with E-state index in [1.165, 1.54) is 0 Å². The van der Waals surface area contributed by atoms with Crippen LogP contribution in [0.5, 0.6) is 5.75 Å². The number of carbonyl (C=O) groups is 1. The third kappa shape index (κ3) is 6.38. The first-order valence-corrected chi connectivity index (χ1v) is 12.7. The molecule has 0 bridgehead atoms. The minimum absolute atomic E-state index is 0.0515. The van der Waals surface area contributed by atoms with E-state index in [1.54, 1.807) is 49.4 Å². The summed E-state index contributed by atoms with van der Waals surface area (Å²) in [6, 6.07) is 19.4. The van der Waals surface area contributed by atoms with Gasteiger partial charge in [0.05, 0.1) is 17.1 Å². The van der Waals surface area contributed by atoms with Crippen LogP contribution in [-0.2, 0) is 15.4 Å². The van der Waals surface area contributed by atoms with Gasteiger partial charge in [0.2, 0.25) is 0 Å². The number of aryl methyl sites for hydroxylation is 2. The van der Waals surface area contributed by atoms with Crippen molar-refractivity contribution in [2.45, 2.75) is 44.9 Å². The molecular formula is C27H32N2O4S. The number of benzene rings is 3. The fourth-order valence-corrected chi connectivity index (χ4v) is 4.56.